The lowest BCUT2D eigenvalue weighted by molar-refractivity contribution is 0.109. The van der Waals surface area contributed by atoms with Crippen molar-refractivity contribution in [2.45, 2.75) is 65.0 Å². The molecule has 1 N–H and O–H groups in total. The molecule has 2 aliphatic rings. The van der Waals surface area contributed by atoms with E-state index in [9.17, 15) is 0 Å². The minimum absolute atomic E-state index is 0.476. The molecule has 0 spiro atoms. The second-order valence-corrected chi connectivity index (χ2v) is 6.24. The topological polar surface area (TPSA) is 21.3 Å². The van der Waals surface area contributed by atoms with Gasteiger partial charge in [-0.2, -0.15) is 0 Å². The summed E-state index contributed by atoms with van der Waals surface area (Å²) >= 11 is 0. The molecule has 2 rings (SSSR count). The molecular formula is C15H29NO. The van der Waals surface area contributed by atoms with Crippen LogP contribution >= 0.6 is 0 Å². The van der Waals surface area contributed by atoms with Crippen LogP contribution in [0.3, 0.4) is 0 Å². The molecule has 0 aromatic heterocycles. The lowest BCUT2D eigenvalue weighted by atomic mass is 9.75. The second-order valence-electron chi connectivity index (χ2n) is 6.24. The van der Waals surface area contributed by atoms with E-state index >= 15 is 0 Å². The molecule has 1 saturated heterocycles. The van der Waals surface area contributed by atoms with Gasteiger partial charge in [0.05, 0.1) is 12.7 Å². The highest BCUT2D eigenvalue weighted by molar-refractivity contribution is 4.89. The van der Waals surface area contributed by atoms with Gasteiger partial charge in [0, 0.05) is 12.0 Å². The van der Waals surface area contributed by atoms with Gasteiger partial charge in [-0.05, 0) is 44.6 Å². The summed E-state index contributed by atoms with van der Waals surface area (Å²) in [6.45, 7) is 8.93. The first-order valence-corrected chi connectivity index (χ1v) is 7.55. The van der Waals surface area contributed by atoms with Gasteiger partial charge in [0.15, 0.2) is 0 Å². The number of rotatable bonds is 4. The van der Waals surface area contributed by atoms with Gasteiger partial charge in [-0.15, -0.1) is 0 Å². The fourth-order valence-corrected chi connectivity index (χ4v) is 3.70. The summed E-state index contributed by atoms with van der Waals surface area (Å²) in [5.74, 6) is 2.60. The molecule has 1 saturated carbocycles. The van der Waals surface area contributed by atoms with E-state index in [2.05, 4.69) is 26.1 Å². The Bertz CT molecular complexity index is 223. The zero-order valence-electron chi connectivity index (χ0n) is 11.7. The van der Waals surface area contributed by atoms with Gasteiger partial charge in [0.1, 0.15) is 0 Å². The summed E-state index contributed by atoms with van der Waals surface area (Å²) in [4.78, 5) is 0. The average Bonchev–Trinajstić information content (AvgIpc) is 2.74. The molecule has 0 aromatic rings. The fourth-order valence-electron chi connectivity index (χ4n) is 3.70. The molecule has 1 heterocycles. The van der Waals surface area contributed by atoms with Crippen LogP contribution in [-0.2, 0) is 4.74 Å². The van der Waals surface area contributed by atoms with E-state index in [0.717, 1.165) is 30.9 Å². The molecule has 3 unspecified atom stereocenters. The Morgan fingerprint density at radius 3 is 2.35 bits per heavy atom. The van der Waals surface area contributed by atoms with Crippen LogP contribution in [0.5, 0.6) is 0 Å². The van der Waals surface area contributed by atoms with Gasteiger partial charge in [-0.25, -0.2) is 0 Å². The van der Waals surface area contributed by atoms with Crippen molar-refractivity contribution >= 4 is 0 Å². The Hall–Kier alpha value is -0.0800. The van der Waals surface area contributed by atoms with Gasteiger partial charge in [0.2, 0.25) is 0 Å². The highest BCUT2D eigenvalue weighted by atomic mass is 16.5. The molecule has 1 aliphatic heterocycles. The summed E-state index contributed by atoms with van der Waals surface area (Å²) in [6, 6.07) is 0.706. The molecule has 2 fully saturated rings. The molecular weight excluding hydrogens is 210 g/mol. The lowest BCUT2D eigenvalue weighted by Crippen LogP contribution is -2.43. The van der Waals surface area contributed by atoms with Crippen LogP contribution in [-0.4, -0.2) is 25.3 Å². The van der Waals surface area contributed by atoms with Crippen LogP contribution in [0.4, 0.5) is 0 Å². The molecule has 1 aliphatic carbocycles. The molecule has 0 amide bonds. The first-order chi connectivity index (χ1) is 8.20. The number of hydrogen-bond donors (Lipinski definition) is 1. The molecule has 2 heteroatoms. The SMILES string of the molecule is CCNC(C1CCC(C)CC1)C1COC(C)C1. The van der Waals surface area contributed by atoms with Gasteiger partial charge in [-0.1, -0.05) is 26.7 Å². The van der Waals surface area contributed by atoms with Crippen LogP contribution in [0.25, 0.3) is 0 Å². The van der Waals surface area contributed by atoms with Crippen molar-refractivity contribution in [1.29, 1.82) is 0 Å². The van der Waals surface area contributed by atoms with E-state index in [-0.39, 0.29) is 0 Å². The monoisotopic (exact) mass is 239 g/mol. The minimum Gasteiger partial charge on any atom is -0.378 e. The van der Waals surface area contributed by atoms with E-state index in [0.29, 0.717) is 12.1 Å². The van der Waals surface area contributed by atoms with Gasteiger partial charge in [-0.3, -0.25) is 0 Å². The molecule has 17 heavy (non-hydrogen) atoms. The number of ether oxygens (including phenoxy) is 1. The quantitative estimate of drug-likeness (QED) is 0.813. The van der Waals surface area contributed by atoms with Crippen LogP contribution in [0.1, 0.15) is 52.9 Å². The van der Waals surface area contributed by atoms with Crippen molar-refractivity contribution < 1.29 is 4.74 Å². The molecule has 0 bridgehead atoms. The molecule has 100 valence electrons. The maximum absolute atomic E-state index is 5.76. The Morgan fingerprint density at radius 1 is 1.12 bits per heavy atom. The Kier molecular flexibility index (Phi) is 4.87. The maximum Gasteiger partial charge on any atom is 0.0551 e. The first kappa shape index (κ1) is 13.4. The predicted molar refractivity (Wildman–Crippen MR) is 72.1 cm³/mol. The number of nitrogens with one attached hydrogen (secondary N) is 1. The zero-order valence-corrected chi connectivity index (χ0v) is 11.7. The normalized spacial score (nSPS) is 40.4. The molecule has 0 aromatic carbocycles. The maximum atomic E-state index is 5.76. The minimum atomic E-state index is 0.476. The Balaban J connectivity index is 1.91. The van der Waals surface area contributed by atoms with Gasteiger partial charge in [0.25, 0.3) is 0 Å². The second kappa shape index (κ2) is 6.19. The summed E-state index contributed by atoms with van der Waals surface area (Å²) < 4.78 is 5.76. The Morgan fingerprint density at radius 2 is 1.82 bits per heavy atom. The van der Waals surface area contributed by atoms with Crippen molar-refractivity contribution in [3.8, 4) is 0 Å². The van der Waals surface area contributed by atoms with Crippen LogP contribution in [0, 0.1) is 17.8 Å². The summed E-state index contributed by atoms with van der Waals surface area (Å²) in [7, 11) is 0. The van der Waals surface area contributed by atoms with Crippen molar-refractivity contribution in [3.63, 3.8) is 0 Å². The first-order valence-electron chi connectivity index (χ1n) is 7.55. The van der Waals surface area contributed by atoms with E-state index in [4.69, 9.17) is 4.74 Å². The van der Waals surface area contributed by atoms with Crippen molar-refractivity contribution in [3.05, 3.63) is 0 Å². The van der Waals surface area contributed by atoms with E-state index in [1.54, 1.807) is 0 Å². The number of hydrogen-bond acceptors (Lipinski definition) is 2. The van der Waals surface area contributed by atoms with E-state index in [1.807, 2.05) is 0 Å². The van der Waals surface area contributed by atoms with Crippen LogP contribution in [0.2, 0.25) is 0 Å². The van der Waals surface area contributed by atoms with Crippen LogP contribution < -0.4 is 5.32 Å². The Labute approximate surface area is 107 Å². The largest absolute Gasteiger partial charge is 0.378 e. The standard InChI is InChI=1S/C15H29NO/c1-4-16-15(14-9-12(3)17-10-14)13-7-5-11(2)6-8-13/h11-16H,4-10H2,1-3H3. The van der Waals surface area contributed by atoms with Crippen molar-refractivity contribution in [2.75, 3.05) is 13.2 Å². The summed E-state index contributed by atoms with van der Waals surface area (Å²) in [5, 5.41) is 3.75. The highest BCUT2D eigenvalue weighted by Crippen LogP contribution is 2.35. The third kappa shape index (κ3) is 3.45. The zero-order chi connectivity index (χ0) is 12.3. The molecule has 3 atom stereocenters. The third-order valence-electron chi connectivity index (χ3n) is 4.75. The van der Waals surface area contributed by atoms with Crippen molar-refractivity contribution in [1.82, 2.24) is 5.32 Å². The van der Waals surface area contributed by atoms with Crippen molar-refractivity contribution in [2.24, 2.45) is 17.8 Å². The average molecular weight is 239 g/mol. The predicted octanol–water partition coefficient (Wildman–Crippen LogP) is 3.22. The highest BCUT2D eigenvalue weighted by Gasteiger charge is 2.35. The van der Waals surface area contributed by atoms with E-state index in [1.165, 1.54) is 32.1 Å². The summed E-state index contributed by atoms with van der Waals surface area (Å²) in [5.41, 5.74) is 0. The van der Waals surface area contributed by atoms with Crippen LogP contribution in [0.15, 0.2) is 0 Å². The molecule has 0 radical (unpaired) electrons. The third-order valence-corrected chi connectivity index (χ3v) is 4.75. The smallest absolute Gasteiger partial charge is 0.0551 e. The van der Waals surface area contributed by atoms with E-state index < -0.39 is 0 Å². The van der Waals surface area contributed by atoms with Gasteiger partial charge >= 0.3 is 0 Å². The molecule has 2 nitrogen and oxygen atoms in total. The summed E-state index contributed by atoms with van der Waals surface area (Å²) in [6.07, 6.45) is 7.42. The fraction of sp³-hybridized carbons (Fsp3) is 1.00. The lowest BCUT2D eigenvalue weighted by Gasteiger charge is -2.36. The van der Waals surface area contributed by atoms with Gasteiger partial charge < -0.3 is 10.1 Å².